The Labute approximate surface area is 193 Å². The second-order valence-corrected chi connectivity index (χ2v) is 8.88. The molecule has 166 valence electrons. The molecule has 1 fully saturated rings. The molecule has 4 aromatic rings. The number of aromatic nitrogens is 2. The van der Waals surface area contributed by atoms with Crippen molar-refractivity contribution in [3.8, 4) is 11.4 Å². The van der Waals surface area contributed by atoms with E-state index < -0.39 is 0 Å². The fraction of sp³-hybridized carbons (Fsp3) is 0.259. The number of fused-ring (bicyclic) bond motifs is 5. The Morgan fingerprint density at radius 1 is 1.00 bits per heavy atom. The average molecular weight is 439 g/mol. The third-order valence-corrected chi connectivity index (χ3v) is 7.43. The van der Waals surface area contributed by atoms with E-state index in [0.717, 1.165) is 46.4 Å². The summed E-state index contributed by atoms with van der Waals surface area (Å²) in [4.78, 5) is 22.3. The first kappa shape index (κ1) is 19.9. The zero-order valence-electron chi connectivity index (χ0n) is 18.9. The average Bonchev–Trinajstić information content (AvgIpc) is 3.37. The van der Waals surface area contributed by atoms with E-state index in [2.05, 4.69) is 52.0 Å². The van der Waals surface area contributed by atoms with Crippen LogP contribution in [-0.4, -0.2) is 47.6 Å². The highest BCUT2D eigenvalue weighted by Gasteiger charge is 2.46. The fourth-order valence-electron chi connectivity index (χ4n) is 5.60. The maximum atomic E-state index is 13.5. The van der Waals surface area contributed by atoms with Crippen LogP contribution in [0.4, 0.5) is 5.69 Å². The largest absolute Gasteiger partial charge is 0.497 e. The molecule has 4 heterocycles. The molecular weight excluding hydrogens is 412 g/mol. The molecule has 6 heteroatoms. The molecule has 1 spiro atoms. The van der Waals surface area contributed by atoms with Crippen molar-refractivity contribution < 1.29 is 9.53 Å². The van der Waals surface area contributed by atoms with Crippen molar-refractivity contribution in [1.29, 1.82) is 0 Å². The SMILES string of the molecule is COc1ccc2c(c1)N(C)C1(CCN(C(=O)c3ccnc4ccccc34)CC1)c1cccn1-2. The number of hydrogen-bond donors (Lipinski definition) is 0. The molecule has 0 saturated carbocycles. The van der Waals surface area contributed by atoms with Crippen molar-refractivity contribution in [2.75, 3.05) is 32.1 Å². The van der Waals surface area contributed by atoms with E-state index in [1.54, 1.807) is 13.3 Å². The summed E-state index contributed by atoms with van der Waals surface area (Å²) in [6.45, 7) is 1.40. The van der Waals surface area contributed by atoms with Gasteiger partial charge in [0, 0.05) is 49.7 Å². The molecular formula is C27H26N4O2. The molecule has 0 bridgehead atoms. The number of carbonyl (C=O) groups excluding carboxylic acids is 1. The van der Waals surface area contributed by atoms with E-state index >= 15 is 0 Å². The monoisotopic (exact) mass is 438 g/mol. The lowest BCUT2D eigenvalue weighted by atomic mass is 9.80. The fourth-order valence-corrected chi connectivity index (χ4v) is 5.60. The summed E-state index contributed by atoms with van der Waals surface area (Å²) < 4.78 is 7.81. The van der Waals surface area contributed by atoms with Gasteiger partial charge in [-0.05, 0) is 49.2 Å². The predicted octanol–water partition coefficient (Wildman–Crippen LogP) is 4.62. The zero-order chi connectivity index (χ0) is 22.6. The van der Waals surface area contributed by atoms with Gasteiger partial charge in [-0.2, -0.15) is 0 Å². The van der Waals surface area contributed by atoms with Crippen LogP contribution < -0.4 is 9.64 Å². The molecule has 0 unspecified atom stereocenters. The molecule has 0 N–H and O–H groups in total. The van der Waals surface area contributed by atoms with Crippen LogP contribution in [0.25, 0.3) is 16.6 Å². The Kier molecular flexibility index (Phi) is 4.43. The molecule has 1 amide bonds. The van der Waals surface area contributed by atoms with Gasteiger partial charge in [-0.3, -0.25) is 9.78 Å². The number of hydrogen-bond acceptors (Lipinski definition) is 4. The van der Waals surface area contributed by atoms with E-state index in [9.17, 15) is 4.79 Å². The van der Waals surface area contributed by atoms with Crippen LogP contribution in [0.2, 0.25) is 0 Å². The first-order chi connectivity index (χ1) is 16.1. The van der Waals surface area contributed by atoms with Gasteiger partial charge in [-0.1, -0.05) is 18.2 Å². The molecule has 2 aliphatic rings. The van der Waals surface area contributed by atoms with Crippen molar-refractivity contribution in [3.63, 3.8) is 0 Å². The van der Waals surface area contributed by atoms with Crippen molar-refractivity contribution in [3.05, 3.63) is 84.3 Å². The van der Waals surface area contributed by atoms with Gasteiger partial charge >= 0.3 is 0 Å². The van der Waals surface area contributed by atoms with Crippen LogP contribution in [0.3, 0.4) is 0 Å². The van der Waals surface area contributed by atoms with E-state index in [-0.39, 0.29) is 11.4 Å². The maximum absolute atomic E-state index is 13.5. The first-order valence-electron chi connectivity index (χ1n) is 11.4. The van der Waals surface area contributed by atoms with E-state index in [0.29, 0.717) is 13.1 Å². The molecule has 0 aliphatic carbocycles. The van der Waals surface area contributed by atoms with Crippen molar-refractivity contribution in [2.45, 2.75) is 18.4 Å². The highest BCUT2D eigenvalue weighted by atomic mass is 16.5. The number of anilines is 1. The number of amides is 1. The second kappa shape index (κ2) is 7.37. The summed E-state index contributed by atoms with van der Waals surface area (Å²) in [5.74, 6) is 0.933. The number of pyridine rings is 1. The third-order valence-electron chi connectivity index (χ3n) is 7.43. The highest BCUT2D eigenvalue weighted by Crippen LogP contribution is 2.48. The van der Waals surface area contributed by atoms with Crippen LogP contribution in [0.5, 0.6) is 5.75 Å². The molecule has 6 nitrogen and oxygen atoms in total. The lowest BCUT2D eigenvalue weighted by Gasteiger charge is -2.51. The van der Waals surface area contributed by atoms with Crippen molar-refractivity contribution in [2.24, 2.45) is 0 Å². The standard InChI is InChI=1S/C27H26N4O2/c1-29-24-18-19(33-2)9-10-23(24)31-15-5-8-25(31)27(29)12-16-30(17-13-27)26(32)21-11-14-28-22-7-4-3-6-20(21)22/h3-11,14-15,18H,12-13,16-17H2,1-2H3. The van der Waals surface area contributed by atoms with Crippen LogP contribution in [0.15, 0.2) is 73.1 Å². The highest BCUT2D eigenvalue weighted by molar-refractivity contribution is 6.06. The molecule has 2 aromatic carbocycles. The van der Waals surface area contributed by atoms with Crippen LogP contribution >= 0.6 is 0 Å². The number of piperidine rings is 1. The summed E-state index contributed by atoms with van der Waals surface area (Å²) in [5, 5.41) is 0.912. The van der Waals surface area contributed by atoms with Crippen molar-refractivity contribution >= 4 is 22.5 Å². The molecule has 0 atom stereocenters. The number of ether oxygens (including phenoxy) is 1. The number of para-hydroxylation sites is 1. The molecule has 2 aromatic heterocycles. The summed E-state index contributed by atoms with van der Waals surface area (Å²) in [6, 6.07) is 20.3. The Hall–Kier alpha value is -3.80. The lowest BCUT2D eigenvalue weighted by Crippen LogP contribution is -2.55. The van der Waals surface area contributed by atoms with Crippen LogP contribution in [-0.2, 0) is 5.54 Å². The minimum absolute atomic E-state index is 0.0827. The van der Waals surface area contributed by atoms with E-state index in [1.807, 2.05) is 41.3 Å². The minimum Gasteiger partial charge on any atom is -0.497 e. The lowest BCUT2D eigenvalue weighted by molar-refractivity contribution is 0.0661. The Balaban J connectivity index is 1.33. The Bertz CT molecular complexity index is 1360. The number of benzene rings is 2. The van der Waals surface area contributed by atoms with Gasteiger partial charge in [0.1, 0.15) is 5.75 Å². The number of rotatable bonds is 2. The van der Waals surface area contributed by atoms with Gasteiger partial charge in [-0.15, -0.1) is 0 Å². The van der Waals surface area contributed by atoms with Gasteiger partial charge in [0.2, 0.25) is 0 Å². The minimum atomic E-state index is -0.167. The third kappa shape index (κ3) is 2.86. The summed E-state index contributed by atoms with van der Waals surface area (Å²) in [5.41, 5.74) is 5.01. The maximum Gasteiger partial charge on any atom is 0.254 e. The normalized spacial score (nSPS) is 16.5. The van der Waals surface area contributed by atoms with E-state index in [1.165, 1.54) is 5.69 Å². The molecule has 2 aliphatic heterocycles. The number of nitrogens with zero attached hydrogens (tertiary/aromatic N) is 4. The predicted molar refractivity (Wildman–Crippen MR) is 129 cm³/mol. The van der Waals surface area contributed by atoms with Gasteiger partial charge in [0.15, 0.2) is 0 Å². The second-order valence-electron chi connectivity index (χ2n) is 8.88. The first-order valence-corrected chi connectivity index (χ1v) is 11.4. The molecule has 6 rings (SSSR count). The summed E-state index contributed by atoms with van der Waals surface area (Å²) in [6.07, 6.45) is 5.58. The van der Waals surface area contributed by atoms with Gasteiger partial charge < -0.3 is 19.1 Å². The van der Waals surface area contributed by atoms with E-state index in [4.69, 9.17) is 4.74 Å². The van der Waals surface area contributed by atoms with Crippen LogP contribution in [0, 0.1) is 0 Å². The summed E-state index contributed by atoms with van der Waals surface area (Å²) in [7, 11) is 3.87. The quantitative estimate of drug-likeness (QED) is 0.458. The molecule has 0 radical (unpaired) electrons. The van der Waals surface area contributed by atoms with Crippen LogP contribution in [0.1, 0.15) is 28.9 Å². The zero-order valence-corrected chi connectivity index (χ0v) is 18.9. The smallest absolute Gasteiger partial charge is 0.254 e. The molecule has 33 heavy (non-hydrogen) atoms. The number of methoxy groups -OCH3 is 1. The van der Waals surface area contributed by atoms with Crippen molar-refractivity contribution in [1.82, 2.24) is 14.5 Å². The summed E-state index contributed by atoms with van der Waals surface area (Å²) >= 11 is 0. The topological polar surface area (TPSA) is 50.6 Å². The Morgan fingerprint density at radius 3 is 2.64 bits per heavy atom. The number of carbonyl (C=O) groups is 1. The van der Waals surface area contributed by atoms with Gasteiger partial charge in [0.25, 0.3) is 5.91 Å². The van der Waals surface area contributed by atoms with Gasteiger partial charge in [-0.25, -0.2) is 0 Å². The molecule has 1 saturated heterocycles. The van der Waals surface area contributed by atoms with Gasteiger partial charge in [0.05, 0.1) is 35.1 Å². The number of likely N-dealkylation sites (tertiary alicyclic amines) is 1. The Morgan fingerprint density at radius 2 is 1.82 bits per heavy atom.